The fourth-order valence-corrected chi connectivity index (χ4v) is 2.27. The zero-order valence-electron chi connectivity index (χ0n) is 11.2. The van der Waals surface area contributed by atoms with Crippen LogP contribution in [-0.4, -0.2) is 22.0 Å². The lowest BCUT2D eigenvalue weighted by molar-refractivity contribution is 0.145. The maximum Gasteiger partial charge on any atom is 0.280 e. The molecule has 1 aliphatic carbocycles. The van der Waals surface area contributed by atoms with Gasteiger partial charge in [-0.1, -0.05) is 19.3 Å². The molecule has 1 saturated carbocycles. The summed E-state index contributed by atoms with van der Waals surface area (Å²) in [4.78, 5) is 11.7. The summed E-state index contributed by atoms with van der Waals surface area (Å²) in [6, 6.07) is 1.56. The van der Waals surface area contributed by atoms with Gasteiger partial charge in [0.05, 0.1) is 0 Å². The number of aliphatic imine (C=N–C) groups is 1. The standard InChI is InChI=1S/C13H19F2N5/c14-12(15)10-6-7-17-11(20-10)8-18-13(16)19-9-4-2-1-3-5-9/h6-7,9,12H,1-5,8H2,(H3,16,18,19). The summed E-state index contributed by atoms with van der Waals surface area (Å²) in [7, 11) is 0. The molecule has 0 unspecified atom stereocenters. The van der Waals surface area contributed by atoms with Crippen molar-refractivity contribution < 1.29 is 8.78 Å². The Kier molecular flexibility index (Phi) is 5.20. The molecule has 2 rings (SSSR count). The Morgan fingerprint density at radius 2 is 2.15 bits per heavy atom. The van der Waals surface area contributed by atoms with Gasteiger partial charge in [-0.2, -0.15) is 0 Å². The van der Waals surface area contributed by atoms with Crippen molar-refractivity contribution in [1.82, 2.24) is 15.3 Å². The molecule has 0 aliphatic heterocycles. The average Bonchev–Trinajstić information content (AvgIpc) is 2.46. The Morgan fingerprint density at radius 3 is 2.85 bits per heavy atom. The van der Waals surface area contributed by atoms with Crippen molar-refractivity contribution in [2.24, 2.45) is 10.7 Å². The van der Waals surface area contributed by atoms with Crippen LogP contribution >= 0.6 is 0 Å². The van der Waals surface area contributed by atoms with Crippen LogP contribution in [0.1, 0.15) is 50.0 Å². The van der Waals surface area contributed by atoms with E-state index in [0.29, 0.717) is 12.0 Å². The summed E-state index contributed by atoms with van der Waals surface area (Å²) in [6.45, 7) is 0.103. The van der Waals surface area contributed by atoms with Gasteiger partial charge in [0.25, 0.3) is 6.43 Å². The topological polar surface area (TPSA) is 76.2 Å². The molecular weight excluding hydrogens is 264 g/mol. The van der Waals surface area contributed by atoms with Crippen LogP contribution in [-0.2, 0) is 6.54 Å². The molecule has 5 nitrogen and oxygen atoms in total. The third kappa shape index (κ3) is 4.40. The first-order valence-corrected chi connectivity index (χ1v) is 6.81. The van der Waals surface area contributed by atoms with Crippen molar-refractivity contribution in [3.63, 3.8) is 0 Å². The van der Waals surface area contributed by atoms with E-state index in [1.807, 2.05) is 0 Å². The molecule has 0 saturated heterocycles. The van der Waals surface area contributed by atoms with Crippen LogP contribution in [0.5, 0.6) is 0 Å². The molecule has 3 N–H and O–H groups in total. The fraction of sp³-hybridized carbons (Fsp3) is 0.615. The van der Waals surface area contributed by atoms with Gasteiger partial charge in [0.15, 0.2) is 5.96 Å². The van der Waals surface area contributed by atoms with Crippen LogP contribution in [0.25, 0.3) is 0 Å². The normalized spacial score (nSPS) is 17.4. The van der Waals surface area contributed by atoms with E-state index >= 15 is 0 Å². The van der Waals surface area contributed by atoms with E-state index < -0.39 is 6.43 Å². The highest BCUT2D eigenvalue weighted by molar-refractivity contribution is 5.78. The zero-order chi connectivity index (χ0) is 14.4. The minimum absolute atomic E-state index is 0.103. The highest BCUT2D eigenvalue weighted by atomic mass is 19.3. The van der Waals surface area contributed by atoms with Gasteiger partial charge in [-0.05, 0) is 18.9 Å². The van der Waals surface area contributed by atoms with E-state index in [1.165, 1.54) is 31.5 Å². The molecule has 20 heavy (non-hydrogen) atoms. The Balaban J connectivity index is 1.89. The highest BCUT2D eigenvalue weighted by Gasteiger charge is 2.13. The van der Waals surface area contributed by atoms with Crippen molar-refractivity contribution in [3.8, 4) is 0 Å². The van der Waals surface area contributed by atoms with Gasteiger partial charge in [0.2, 0.25) is 0 Å². The number of halogens is 2. The molecule has 1 aliphatic rings. The molecule has 1 heterocycles. The minimum atomic E-state index is -2.60. The van der Waals surface area contributed by atoms with Crippen molar-refractivity contribution in [3.05, 3.63) is 23.8 Å². The molecule has 0 aromatic carbocycles. The fourth-order valence-electron chi connectivity index (χ4n) is 2.27. The van der Waals surface area contributed by atoms with E-state index in [4.69, 9.17) is 5.73 Å². The molecule has 0 atom stereocenters. The van der Waals surface area contributed by atoms with Gasteiger partial charge in [0.1, 0.15) is 18.1 Å². The van der Waals surface area contributed by atoms with Crippen molar-refractivity contribution in [2.75, 3.05) is 0 Å². The predicted molar refractivity (Wildman–Crippen MR) is 72.3 cm³/mol. The Labute approximate surface area is 116 Å². The Bertz CT molecular complexity index is 458. The number of guanidine groups is 1. The second-order valence-electron chi connectivity index (χ2n) is 4.88. The number of nitrogens with one attached hydrogen (secondary N) is 1. The van der Waals surface area contributed by atoms with Crippen LogP contribution in [0.3, 0.4) is 0 Å². The van der Waals surface area contributed by atoms with Crippen LogP contribution in [0.4, 0.5) is 8.78 Å². The second-order valence-corrected chi connectivity index (χ2v) is 4.88. The quantitative estimate of drug-likeness (QED) is 0.655. The van der Waals surface area contributed by atoms with Gasteiger partial charge in [0, 0.05) is 12.2 Å². The van der Waals surface area contributed by atoms with Crippen molar-refractivity contribution >= 4 is 5.96 Å². The lowest BCUT2D eigenvalue weighted by atomic mass is 9.96. The van der Waals surface area contributed by atoms with Crippen molar-refractivity contribution in [1.29, 1.82) is 0 Å². The number of aromatic nitrogens is 2. The summed E-state index contributed by atoms with van der Waals surface area (Å²) in [5.74, 6) is 0.569. The summed E-state index contributed by atoms with van der Waals surface area (Å²) in [5, 5.41) is 3.15. The van der Waals surface area contributed by atoms with Crippen LogP contribution in [0.2, 0.25) is 0 Å². The lowest BCUT2D eigenvalue weighted by Gasteiger charge is -2.23. The molecule has 1 fully saturated rings. The van der Waals surface area contributed by atoms with E-state index in [9.17, 15) is 8.78 Å². The van der Waals surface area contributed by atoms with Crippen LogP contribution < -0.4 is 11.1 Å². The van der Waals surface area contributed by atoms with Gasteiger partial charge in [-0.25, -0.2) is 23.7 Å². The summed E-state index contributed by atoms with van der Waals surface area (Å²) >= 11 is 0. The SMILES string of the molecule is NC(=NCc1nccc(C(F)F)n1)NC1CCCCC1. The molecule has 7 heteroatoms. The molecule has 0 radical (unpaired) electrons. The predicted octanol–water partition coefficient (Wildman–Crippen LogP) is 2.15. The molecule has 0 amide bonds. The minimum Gasteiger partial charge on any atom is -0.370 e. The molecular formula is C13H19F2N5. The monoisotopic (exact) mass is 283 g/mol. The zero-order valence-corrected chi connectivity index (χ0v) is 11.2. The van der Waals surface area contributed by atoms with Crippen LogP contribution in [0.15, 0.2) is 17.3 Å². The molecule has 1 aromatic heterocycles. The highest BCUT2D eigenvalue weighted by Crippen LogP contribution is 2.17. The van der Waals surface area contributed by atoms with Crippen molar-refractivity contribution in [2.45, 2.75) is 51.1 Å². The van der Waals surface area contributed by atoms with E-state index in [0.717, 1.165) is 12.8 Å². The first-order chi connectivity index (χ1) is 9.65. The third-order valence-electron chi connectivity index (χ3n) is 3.30. The lowest BCUT2D eigenvalue weighted by Crippen LogP contribution is -2.41. The van der Waals surface area contributed by atoms with Gasteiger partial charge in [-0.15, -0.1) is 0 Å². The Hall–Kier alpha value is -1.79. The second kappa shape index (κ2) is 7.12. The number of hydrogen-bond donors (Lipinski definition) is 2. The number of nitrogens with two attached hydrogens (primary N) is 1. The average molecular weight is 283 g/mol. The number of nitrogens with zero attached hydrogens (tertiary/aromatic N) is 3. The molecule has 110 valence electrons. The molecule has 0 bridgehead atoms. The smallest absolute Gasteiger partial charge is 0.280 e. The number of rotatable bonds is 4. The van der Waals surface area contributed by atoms with E-state index in [1.54, 1.807) is 0 Å². The third-order valence-corrected chi connectivity index (χ3v) is 3.30. The summed E-state index contributed by atoms with van der Waals surface area (Å²) in [6.07, 6.45) is 4.56. The van der Waals surface area contributed by atoms with Crippen LogP contribution in [0, 0.1) is 0 Å². The van der Waals surface area contributed by atoms with Gasteiger partial charge < -0.3 is 11.1 Å². The number of alkyl halides is 2. The summed E-state index contributed by atoms with van der Waals surface area (Å²) in [5.41, 5.74) is 5.50. The van der Waals surface area contributed by atoms with Gasteiger partial charge >= 0.3 is 0 Å². The Morgan fingerprint density at radius 1 is 1.40 bits per heavy atom. The van der Waals surface area contributed by atoms with E-state index in [2.05, 4.69) is 20.3 Å². The first-order valence-electron chi connectivity index (χ1n) is 6.81. The molecule has 1 aromatic rings. The maximum atomic E-state index is 12.5. The van der Waals surface area contributed by atoms with Gasteiger partial charge in [-0.3, -0.25) is 0 Å². The largest absolute Gasteiger partial charge is 0.370 e. The number of hydrogen-bond acceptors (Lipinski definition) is 3. The maximum absolute atomic E-state index is 12.5. The van der Waals surface area contributed by atoms with E-state index in [-0.39, 0.29) is 18.1 Å². The summed E-state index contributed by atoms with van der Waals surface area (Å²) < 4.78 is 25.0. The molecule has 0 spiro atoms. The first kappa shape index (κ1) is 14.6.